The molecular formula is C8H11N3O4Pt. The zero-order valence-corrected chi connectivity index (χ0v) is 10.6. The van der Waals surface area contributed by atoms with Gasteiger partial charge in [0.05, 0.1) is 5.69 Å². The molecule has 16 heavy (non-hydrogen) atoms. The molecule has 0 amide bonds. The third kappa shape index (κ3) is 2.76. The molecule has 8 heteroatoms. The molecule has 0 radical (unpaired) electrons. The largest absolute Gasteiger partial charge is 0.505 e. The number of aliphatic hydroxyl groups is 1. The molecule has 92 valence electrons. The van der Waals surface area contributed by atoms with Crippen molar-refractivity contribution in [2.45, 2.75) is 13.2 Å². The van der Waals surface area contributed by atoms with E-state index in [2.05, 4.69) is 15.7 Å². The minimum Gasteiger partial charge on any atom is -0.505 e. The molecule has 0 aliphatic carbocycles. The van der Waals surface area contributed by atoms with Crippen LogP contribution in [0.15, 0.2) is 6.20 Å². The summed E-state index contributed by atoms with van der Waals surface area (Å²) in [5.74, 6) is 3.29. The van der Waals surface area contributed by atoms with Gasteiger partial charge in [0.25, 0.3) is 0 Å². The van der Waals surface area contributed by atoms with Crippen LogP contribution in [-0.4, -0.2) is 21.2 Å². The fourth-order valence-corrected chi connectivity index (χ4v) is 1.11. The van der Waals surface area contributed by atoms with Crippen LogP contribution in [0.2, 0.25) is 0 Å². The third-order valence-corrected chi connectivity index (χ3v) is 1.90. The predicted molar refractivity (Wildman–Crippen MR) is 49.4 cm³/mol. The summed E-state index contributed by atoms with van der Waals surface area (Å²) in [6.45, 7) is 1.48. The van der Waals surface area contributed by atoms with Crippen LogP contribution in [0.5, 0.6) is 5.75 Å². The van der Waals surface area contributed by atoms with Crippen molar-refractivity contribution in [3.8, 4) is 5.75 Å². The average molecular weight is 408 g/mol. The Labute approximate surface area is 106 Å². The molecule has 1 rings (SSSR count). The Hall–Kier alpha value is -1.01. The molecule has 0 saturated heterocycles. The van der Waals surface area contributed by atoms with Crippen molar-refractivity contribution in [3.05, 3.63) is 23.0 Å². The molecule has 1 atom stereocenters. The second-order valence-electron chi connectivity index (χ2n) is 2.87. The van der Waals surface area contributed by atoms with Crippen molar-refractivity contribution in [2.24, 2.45) is 11.6 Å². The van der Waals surface area contributed by atoms with Gasteiger partial charge >= 0.3 is 5.97 Å². The van der Waals surface area contributed by atoms with Crippen molar-refractivity contribution in [1.29, 1.82) is 0 Å². The molecule has 6 N–H and O–H groups in total. The normalized spacial score (nSPS) is 11.5. The van der Waals surface area contributed by atoms with Crippen LogP contribution in [0.25, 0.3) is 0 Å². The van der Waals surface area contributed by atoms with Crippen molar-refractivity contribution in [1.82, 2.24) is 4.98 Å². The first-order valence-electron chi connectivity index (χ1n) is 4.02. The number of carbonyl (C=O) groups excluding carboxylic acids is 1. The second-order valence-corrected chi connectivity index (χ2v) is 2.87. The van der Waals surface area contributed by atoms with Crippen molar-refractivity contribution in [3.63, 3.8) is 0 Å². The number of aromatic hydroxyl groups is 1. The van der Waals surface area contributed by atoms with E-state index in [1.807, 2.05) is 0 Å². The number of aliphatic hydroxyl groups excluding tert-OH is 1. The Morgan fingerprint density at radius 3 is 2.62 bits per heavy atom. The molecule has 0 fully saturated rings. The first-order chi connectivity index (χ1) is 6.99. The number of rotatable bonds is 2. The zero-order chi connectivity index (χ0) is 11.6. The molecule has 1 aromatic rings. The first-order valence-corrected chi connectivity index (χ1v) is 4.02. The van der Waals surface area contributed by atoms with Gasteiger partial charge in [-0.3, -0.25) is 4.98 Å². The Morgan fingerprint density at radius 1 is 1.62 bits per heavy atom. The van der Waals surface area contributed by atoms with Gasteiger partial charge < -0.3 is 20.8 Å². The minimum absolute atomic E-state index is 0. The van der Waals surface area contributed by atoms with Crippen molar-refractivity contribution in [2.75, 3.05) is 0 Å². The van der Waals surface area contributed by atoms with E-state index >= 15 is 0 Å². The fourth-order valence-electron chi connectivity index (χ4n) is 1.11. The van der Waals surface area contributed by atoms with Gasteiger partial charge in [-0.2, -0.15) is 5.90 Å². The smallest absolute Gasteiger partial charge is 0.360 e. The number of aromatic nitrogens is 1. The monoisotopic (exact) mass is 408 g/mol. The van der Waals surface area contributed by atoms with Crippen LogP contribution in [0.1, 0.15) is 27.8 Å². The molecule has 0 saturated carbocycles. The Morgan fingerprint density at radius 2 is 2.19 bits per heavy atom. The molecule has 1 heterocycles. The van der Waals surface area contributed by atoms with Gasteiger partial charge in [-0.05, 0) is 6.92 Å². The predicted octanol–water partition coefficient (Wildman–Crippen LogP) is -0.927. The molecule has 0 aliphatic rings. The third-order valence-electron chi connectivity index (χ3n) is 1.90. The summed E-state index contributed by atoms with van der Waals surface area (Å²) in [5.41, 5.74) is 5.06. The summed E-state index contributed by atoms with van der Waals surface area (Å²) in [6, 6.07) is 0. The van der Waals surface area contributed by atoms with E-state index in [-0.39, 0.29) is 37.9 Å². The van der Waals surface area contributed by atoms with E-state index in [9.17, 15) is 9.90 Å². The van der Waals surface area contributed by atoms with E-state index in [1.165, 1.54) is 13.1 Å². The maximum absolute atomic E-state index is 11.2. The quantitative estimate of drug-likeness (QED) is 0.367. The molecule has 0 aromatic carbocycles. The van der Waals surface area contributed by atoms with Crippen LogP contribution in [-0.2, 0) is 25.9 Å². The van der Waals surface area contributed by atoms with E-state index < -0.39 is 17.9 Å². The van der Waals surface area contributed by atoms with Crippen molar-refractivity contribution >= 4 is 5.97 Å². The van der Waals surface area contributed by atoms with Crippen molar-refractivity contribution < 1.29 is 40.9 Å². The van der Waals surface area contributed by atoms with Gasteiger partial charge in [-0.1, -0.05) is 0 Å². The number of nitrogens with two attached hydrogens (primary N) is 2. The summed E-state index contributed by atoms with van der Waals surface area (Å²) in [6.07, 6.45) is -0.274. The SMILES string of the molecule is Cc1ncc(C(N)O)c(C(=O)ON)c1O.[Pt]. The van der Waals surface area contributed by atoms with Crippen LogP contribution in [0, 0.1) is 6.92 Å². The summed E-state index contributed by atoms with van der Waals surface area (Å²) < 4.78 is 0. The van der Waals surface area contributed by atoms with Gasteiger partial charge in [0.15, 0.2) is 5.75 Å². The van der Waals surface area contributed by atoms with Gasteiger partial charge in [0.1, 0.15) is 11.8 Å². The average Bonchev–Trinajstić information content (AvgIpc) is 2.20. The summed E-state index contributed by atoms with van der Waals surface area (Å²) in [5, 5.41) is 18.7. The molecule has 7 nitrogen and oxygen atoms in total. The van der Waals surface area contributed by atoms with Gasteiger partial charge in [0.2, 0.25) is 0 Å². The first kappa shape index (κ1) is 15.0. The van der Waals surface area contributed by atoms with E-state index in [0.29, 0.717) is 0 Å². The Bertz CT molecular complexity index is 397. The van der Waals surface area contributed by atoms with Gasteiger partial charge in [-0.25, -0.2) is 4.79 Å². The summed E-state index contributed by atoms with van der Waals surface area (Å²) >= 11 is 0. The summed E-state index contributed by atoms with van der Waals surface area (Å²) in [7, 11) is 0. The Balaban J connectivity index is 0.00000225. The van der Waals surface area contributed by atoms with Crippen LogP contribution < -0.4 is 11.6 Å². The molecule has 1 aromatic heterocycles. The maximum atomic E-state index is 11.2. The minimum atomic E-state index is -1.45. The number of carbonyl (C=O) groups is 1. The molecule has 0 aliphatic heterocycles. The van der Waals surface area contributed by atoms with E-state index in [0.717, 1.165) is 0 Å². The zero-order valence-electron chi connectivity index (χ0n) is 8.28. The number of nitrogens with zero attached hydrogens (tertiary/aromatic N) is 1. The molecule has 0 spiro atoms. The van der Waals surface area contributed by atoms with Gasteiger partial charge in [0, 0.05) is 32.8 Å². The summed E-state index contributed by atoms with van der Waals surface area (Å²) in [4.78, 5) is 18.9. The maximum Gasteiger partial charge on any atom is 0.360 e. The number of aryl methyl sites for hydroxylation is 1. The van der Waals surface area contributed by atoms with Crippen LogP contribution in [0.3, 0.4) is 0 Å². The molecule has 0 bridgehead atoms. The fraction of sp³-hybridized carbons (Fsp3) is 0.250. The second kappa shape index (κ2) is 5.91. The topological polar surface area (TPSA) is 132 Å². The number of pyridine rings is 1. The molecule has 1 unspecified atom stereocenters. The van der Waals surface area contributed by atoms with Gasteiger partial charge in [-0.15, -0.1) is 0 Å². The number of hydrogen-bond donors (Lipinski definition) is 4. The van der Waals surface area contributed by atoms with E-state index in [1.54, 1.807) is 0 Å². The van der Waals surface area contributed by atoms with E-state index in [4.69, 9.17) is 10.8 Å². The number of hydrogen-bond acceptors (Lipinski definition) is 7. The van der Waals surface area contributed by atoms with Crippen LogP contribution in [0.4, 0.5) is 0 Å². The standard InChI is InChI=1S/C8H11N3O4.Pt/c1-3-6(12)5(8(14)15-10)4(2-11-3)7(9)13;/h2,7,12-13H,9-10H2,1H3;. The van der Waals surface area contributed by atoms with Crippen LogP contribution >= 0.6 is 0 Å². The molecular weight excluding hydrogens is 397 g/mol. The Kier molecular flexibility index (Phi) is 5.53.